The van der Waals surface area contributed by atoms with Gasteiger partial charge in [-0.05, 0) is 24.3 Å². The average molecular weight is 282 g/mol. The zero-order chi connectivity index (χ0) is 11.5. The summed E-state index contributed by atoms with van der Waals surface area (Å²) in [6.07, 6.45) is 0.977. The summed E-state index contributed by atoms with van der Waals surface area (Å²) >= 11 is 3.33. The van der Waals surface area contributed by atoms with Crippen molar-refractivity contribution in [3.8, 4) is 0 Å². The second-order valence-corrected chi connectivity index (χ2v) is 4.75. The number of carbonyl (C=O) groups excluding carboxylic acids is 2. The highest BCUT2D eigenvalue weighted by Crippen LogP contribution is 2.14. The van der Waals surface area contributed by atoms with Crippen LogP contribution in [0, 0.1) is 0 Å². The molecule has 0 N–H and O–H groups in total. The van der Waals surface area contributed by atoms with Gasteiger partial charge in [0.1, 0.15) is 5.78 Å². The number of nitrogens with zero attached hydrogens (tertiary/aromatic N) is 1. The van der Waals surface area contributed by atoms with Crippen LogP contribution in [0.4, 0.5) is 0 Å². The summed E-state index contributed by atoms with van der Waals surface area (Å²) in [5, 5.41) is 0. The Bertz CT molecular complexity index is 404. The summed E-state index contributed by atoms with van der Waals surface area (Å²) in [5.74, 6) is 0.264. The van der Waals surface area contributed by atoms with E-state index in [2.05, 4.69) is 15.9 Å². The van der Waals surface area contributed by atoms with Crippen LogP contribution >= 0.6 is 15.9 Å². The van der Waals surface area contributed by atoms with E-state index in [4.69, 9.17) is 0 Å². The minimum atomic E-state index is 0.0139. The SMILES string of the molecule is O=C1CCN(C(=O)c2ccc(Br)cc2)CC1. The average Bonchev–Trinajstić information content (AvgIpc) is 2.30. The number of Topliss-reactive ketones (excluding diaryl/α,β-unsaturated/α-hetero) is 1. The summed E-state index contributed by atoms with van der Waals surface area (Å²) in [6.45, 7) is 1.10. The first-order chi connectivity index (χ1) is 7.66. The lowest BCUT2D eigenvalue weighted by Gasteiger charge is -2.26. The maximum Gasteiger partial charge on any atom is 0.253 e. The first-order valence-electron chi connectivity index (χ1n) is 5.23. The van der Waals surface area contributed by atoms with Crippen molar-refractivity contribution in [2.24, 2.45) is 0 Å². The van der Waals surface area contributed by atoms with Gasteiger partial charge in [0.2, 0.25) is 0 Å². The van der Waals surface area contributed by atoms with Crippen molar-refractivity contribution in [1.82, 2.24) is 4.90 Å². The second kappa shape index (κ2) is 4.78. The van der Waals surface area contributed by atoms with E-state index < -0.39 is 0 Å². The van der Waals surface area contributed by atoms with E-state index in [1.165, 1.54) is 0 Å². The van der Waals surface area contributed by atoms with E-state index in [1.807, 2.05) is 12.1 Å². The van der Waals surface area contributed by atoms with E-state index >= 15 is 0 Å². The zero-order valence-electron chi connectivity index (χ0n) is 8.78. The molecule has 2 rings (SSSR count). The van der Waals surface area contributed by atoms with Gasteiger partial charge >= 0.3 is 0 Å². The van der Waals surface area contributed by atoms with Crippen molar-refractivity contribution in [3.63, 3.8) is 0 Å². The third kappa shape index (κ3) is 2.50. The minimum Gasteiger partial charge on any atom is -0.338 e. The molecule has 0 saturated carbocycles. The first kappa shape index (κ1) is 11.3. The lowest BCUT2D eigenvalue weighted by molar-refractivity contribution is -0.120. The number of piperidine rings is 1. The normalized spacial score (nSPS) is 16.3. The fourth-order valence-electron chi connectivity index (χ4n) is 1.73. The molecule has 3 nitrogen and oxygen atoms in total. The highest BCUT2D eigenvalue weighted by Gasteiger charge is 2.21. The maximum absolute atomic E-state index is 12.0. The molecule has 1 aliphatic rings. The third-order valence-corrected chi connectivity index (χ3v) is 3.23. The Labute approximate surface area is 103 Å². The highest BCUT2D eigenvalue weighted by molar-refractivity contribution is 9.10. The van der Waals surface area contributed by atoms with Crippen LogP contribution in [0.1, 0.15) is 23.2 Å². The molecule has 1 amide bonds. The van der Waals surface area contributed by atoms with Gasteiger partial charge in [-0.1, -0.05) is 15.9 Å². The molecule has 0 unspecified atom stereocenters. The zero-order valence-corrected chi connectivity index (χ0v) is 10.4. The van der Waals surface area contributed by atoms with E-state index in [9.17, 15) is 9.59 Å². The van der Waals surface area contributed by atoms with E-state index in [0.29, 0.717) is 31.5 Å². The number of hydrogen-bond acceptors (Lipinski definition) is 2. The number of halogens is 1. The molecule has 0 bridgehead atoms. The highest BCUT2D eigenvalue weighted by atomic mass is 79.9. The molecular weight excluding hydrogens is 270 g/mol. The van der Waals surface area contributed by atoms with Crippen LogP contribution in [0.15, 0.2) is 28.7 Å². The summed E-state index contributed by atoms with van der Waals surface area (Å²) in [7, 11) is 0. The Balaban J connectivity index is 2.07. The molecule has 0 atom stereocenters. The van der Waals surface area contributed by atoms with Crippen molar-refractivity contribution < 1.29 is 9.59 Å². The van der Waals surface area contributed by atoms with Crippen LogP contribution in [0.25, 0.3) is 0 Å². The van der Waals surface area contributed by atoms with Crippen molar-refractivity contribution in [2.45, 2.75) is 12.8 Å². The molecule has 16 heavy (non-hydrogen) atoms. The smallest absolute Gasteiger partial charge is 0.253 e. The van der Waals surface area contributed by atoms with Crippen LogP contribution in [0.5, 0.6) is 0 Å². The Morgan fingerprint density at radius 3 is 2.25 bits per heavy atom. The number of benzene rings is 1. The van der Waals surface area contributed by atoms with E-state index in [-0.39, 0.29) is 11.7 Å². The van der Waals surface area contributed by atoms with Gasteiger partial charge in [-0.3, -0.25) is 9.59 Å². The number of amides is 1. The third-order valence-electron chi connectivity index (χ3n) is 2.70. The van der Waals surface area contributed by atoms with Gasteiger partial charge in [-0.15, -0.1) is 0 Å². The molecule has 0 aliphatic carbocycles. The van der Waals surface area contributed by atoms with E-state index in [1.54, 1.807) is 17.0 Å². The number of rotatable bonds is 1. The molecule has 0 radical (unpaired) electrons. The van der Waals surface area contributed by atoms with Gasteiger partial charge in [0, 0.05) is 36.0 Å². The molecular formula is C12H12BrNO2. The monoisotopic (exact) mass is 281 g/mol. The summed E-state index contributed by atoms with van der Waals surface area (Å²) < 4.78 is 0.956. The van der Waals surface area contributed by atoms with Gasteiger partial charge in [-0.25, -0.2) is 0 Å². The van der Waals surface area contributed by atoms with Crippen LogP contribution in [-0.4, -0.2) is 29.7 Å². The quantitative estimate of drug-likeness (QED) is 0.792. The Kier molecular flexibility index (Phi) is 3.39. The Morgan fingerprint density at radius 1 is 1.12 bits per heavy atom. The van der Waals surface area contributed by atoms with Crippen molar-refractivity contribution in [1.29, 1.82) is 0 Å². The fourth-order valence-corrected chi connectivity index (χ4v) is 2.00. The molecule has 4 heteroatoms. The standard InChI is InChI=1S/C12H12BrNO2/c13-10-3-1-9(2-4-10)12(16)14-7-5-11(15)6-8-14/h1-4H,5-8H2. The number of likely N-dealkylation sites (tertiary alicyclic amines) is 1. The van der Waals surface area contributed by atoms with E-state index in [0.717, 1.165) is 4.47 Å². The fraction of sp³-hybridized carbons (Fsp3) is 0.333. The second-order valence-electron chi connectivity index (χ2n) is 3.84. The molecule has 1 heterocycles. The largest absolute Gasteiger partial charge is 0.338 e. The molecule has 1 saturated heterocycles. The summed E-state index contributed by atoms with van der Waals surface area (Å²) in [4.78, 5) is 24.8. The predicted octanol–water partition coefficient (Wildman–Crippen LogP) is 2.25. The summed E-state index contributed by atoms with van der Waals surface area (Å²) in [5.41, 5.74) is 0.678. The maximum atomic E-state index is 12.0. The van der Waals surface area contributed by atoms with Gasteiger partial charge in [0.05, 0.1) is 0 Å². The molecule has 0 spiro atoms. The molecule has 1 fully saturated rings. The van der Waals surface area contributed by atoms with Crippen LogP contribution in [-0.2, 0) is 4.79 Å². The Morgan fingerprint density at radius 2 is 1.69 bits per heavy atom. The lowest BCUT2D eigenvalue weighted by Crippen LogP contribution is -2.38. The van der Waals surface area contributed by atoms with Crippen molar-refractivity contribution in [2.75, 3.05) is 13.1 Å². The molecule has 84 valence electrons. The van der Waals surface area contributed by atoms with Crippen LogP contribution in [0.3, 0.4) is 0 Å². The minimum absolute atomic E-state index is 0.0139. The number of hydrogen-bond donors (Lipinski definition) is 0. The van der Waals surface area contributed by atoms with Crippen LogP contribution < -0.4 is 0 Å². The molecule has 0 aromatic heterocycles. The Hall–Kier alpha value is -1.16. The van der Waals surface area contributed by atoms with Gasteiger partial charge in [-0.2, -0.15) is 0 Å². The van der Waals surface area contributed by atoms with Gasteiger partial charge in [0.25, 0.3) is 5.91 Å². The molecule has 1 aromatic carbocycles. The van der Waals surface area contributed by atoms with Crippen molar-refractivity contribution >= 4 is 27.6 Å². The van der Waals surface area contributed by atoms with Crippen molar-refractivity contribution in [3.05, 3.63) is 34.3 Å². The molecule has 1 aliphatic heterocycles. The molecule has 1 aromatic rings. The van der Waals surface area contributed by atoms with Crippen LogP contribution in [0.2, 0.25) is 0 Å². The van der Waals surface area contributed by atoms with Gasteiger partial charge < -0.3 is 4.90 Å². The lowest BCUT2D eigenvalue weighted by atomic mass is 10.1. The summed E-state index contributed by atoms with van der Waals surface area (Å²) in [6, 6.07) is 7.29. The number of carbonyl (C=O) groups is 2. The predicted molar refractivity (Wildman–Crippen MR) is 64.3 cm³/mol. The van der Waals surface area contributed by atoms with Gasteiger partial charge in [0.15, 0.2) is 0 Å². The first-order valence-corrected chi connectivity index (χ1v) is 6.02. The number of ketones is 1. The topological polar surface area (TPSA) is 37.4 Å².